The van der Waals surface area contributed by atoms with E-state index in [4.69, 9.17) is 9.47 Å². The van der Waals surface area contributed by atoms with Gasteiger partial charge in [-0.15, -0.1) is 0 Å². The second-order valence-corrected chi connectivity index (χ2v) is 12.6. The summed E-state index contributed by atoms with van der Waals surface area (Å²) >= 11 is 0. The summed E-state index contributed by atoms with van der Waals surface area (Å²) in [6.45, 7) is 0.851. The molecule has 3 aliphatic heterocycles. The summed E-state index contributed by atoms with van der Waals surface area (Å²) in [5, 5.41) is 3.58. The van der Waals surface area contributed by atoms with E-state index in [9.17, 15) is 0 Å². The van der Waals surface area contributed by atoms with Gasteiger partial charge >= 0.3 is 0 Å². The van der Waals surface area contributed by atoms with Gasteiger partial charge in [0.1, 0.15) is 23.0 Å². The molecule has 6 aliphatic rings. The predicted molar refractivity (Wildman–Crippen MR) is 182 cm³/mol. The molecule has 0 aromatic heterocycles. The van der Waals surface area contributed by atoms with Gasteiger partial charge in [0.15, 0.2) is 0 Å². The van der Waals surface area contributed by atoms with Crippen LogP contribution >= 0.6 is 0 Å². The van der Waals surface area contributed by atoms with Crippen molar-refractivity contribution in [3.05, 3.63) is 172 Å². The van der Waals surface area contributed by atoms with Gasteiger partial charge in [-0.3, -0.25) is 0 Å². The number of benzene rings is 3. The van der Waals surface area contributed by atoms with Crippen molar-refractivity contribution in [2.45, 2.75) is 43.9 Å². The van der Waals surface area contributed by atoms with Crippen LogP contribution in [-0.2, 0) is 5.41 Å². The Morgan fingerprint density at radius 3 is 2.42 bits per heavy atom. The minimum absolute atomic E-state index is 0.472. The van der Waals surface area contributed by atoms with Gasteiger partial charge in [-0.1, -0.05) is 91.1 Å². The maximum Gasteiger partial charge on any atom is 0.132 e. The molecule has 1 unspecified atom stereocenters. The summed E-state index contributed by atoms with van der Waals surface area (Å²) in [5.74, 6) is 3.92. The zero-order chi connectivity index (χ0) is 29.8. The SMILES string of the molecule is C1=CCCC(c2cccc(-c3ccc4c(c3)OC3=C(CCC(C5=CC=CCN5)=C3)C43C4=C(CCC=C4)Oc4ccccc43)c2)=C1. The largest absolute Gasteiger partial charge is 0.461 e. The Kier molecular flexibility index (Phi) is 6.19. The molecular formula is C42H35NO2. The van der Waals surface area contributed by atoms with Gasteiger partial charge in [0.05, 0.1) is 5.41 Å². The average molecular weight is 586 g/mol. The molecule has 0 radical (unpaired) electrons. The minimum Gasteiger partial charge on any atom is -0.461 e. The van der Waals surface area contributed by atoms with Crippen molar-refractivity contribution in [2.75, 3.05) is 6.54 Å². The fourth-order valence-corrected chi connectivity index (χ4v) is 8.02. The van der Waals surface area contributed by atoms with Gasteiger partial charge < -0.3 is 14.8 Å². The molecule has 3 nitrogen and oxygen atoms in total. The van der Waals surface area contributed by atoms with E-state index in [1.807, 2.05) is 0 Å². The van der Waals surface area contributed by atoms with E-state index in [0.717, 1.165) is 73.7 Å². The maximum atomic E-state index is 7.01. The fraction of sp³-hybridized carbons (Fsp3) is 0.190. The number of nitrogens with one attached hydrogen (secondary N) is 1. The maximum absolute atomic E-state index is 7.01. The van der Waals surface area contributed by atoms with E-state index in [0.29, 0.717) is 0 Å². The highest BCUT2D eigenvalue weighted by Gasteiger charge is 2.52. The van der Waals surface area contributed by atoms with Crippen LogP contribution in [0.15, 0.2) is 155 Å². The fourth-order valence-electron chi connectivity index (χ4n) is 8.02. The van der Waals surface area contributed by atoms with Crippen LogP contribution in [-0.4, -0.2) is 6.54 Å². The summed E-state index contributed by atoms with van der Waals surface area (Å²) in [6.07, 6.45) is 26.0. The van der Waals surface area contributed by atoms with Gasteiger partial charge in [-0.2, -0.15) is 0 Å². The second-order valence-electron chi connectivity index (χ2n) is 12.6. The van der Waals surface area contributed by atoms with Crippen molar-refractivity contribution in [1.82, 2.24) is 5.32 Å². The molecule has 3 heteroatoms. The molecule has 9 rings (SSSR count). The number of ether oxygens (including phenoxy) is 2. The van der Waals surface area contributed by atoms with Crippen molar-refractivity contribution < 1.29 is 9.47 Å². The highest BCUT2D eigenvalue weighted by Crippen LogP contribution is 2.61. The first-order valence-electron chi connectivity index (χ1n) is 16.3. The quantitative estimate of drug-likeness (QED) is 0.332. The van der Waals surface area contributed by atoms with Crippen LogP contribution in [0.2, 0.25) is 0 Å². The molecule has 3 aromatic rings. The number of hydrogen-bond donors (Lipinski definition) is 1. The summed E-state index contributed by atoms with van der Waals surface area (Å²) in [7, 11) is 0. The summed E-state index contributed by atoms with van der Waals surface area (Å²) in [6, 6.07) is 24.5. The molecule has 3 aliphatic carbocycles. The third-order valence-corrected chi connectivity index (χ3v) is 10.1. The molecule has 45 heavy (non-hydrogen) atoms. The van der Waals surface area contributed by atoms with Crippen molar-refractivity contribution in [2.24, 2.45) is 0 Å². The van der Waals surface area contributed by atoms with E-state index in [1.165, 1.54) is 50.2 Å². The predicted octanol–water partition coefficient (Wildman–Crippen LogP) is 9.78. The Hall–Kier alpha value is -5.02. The third kappa shape index (κ3) is 4.18. The molecule has 0 saturated heterocycles. The van der Waals surface area contributed by atoms with Crippen LogP contribution < -0.4 is 14.8 Å². The van der Waals surface area contributed by atoms with E-state index >= 15 is 0 Å². The van der Waals surface area contributed by atoms with Crippen LogP contribution in [0.5, 0.6) is 11.5 Å². The van der Waals surface area contributed by atoms with Gasteiger partial charge in [0.25, 0.3) is 0 Å². The van der Waals surface area contributed by atoms with E-state index in [2.05, 4.69) is 127 Å². The van der Waals surface area contributed by atoms with E-state index in [1.54, 1.807) is 0 Å². The summed E-state index contributed by atoms with van der Waals surface area (Å²) < 4.78 is 13.7. The molecule has 0 fully saturated rings. The Balaban J connectivity index is 1.26. The molecule has 3 aromatic carbocycles. The standard InChI is InChI=1S/C42H35NO2/c1-2-11-28(12-3-1)29-13-10-14-30(25-29)31-20-22-35-40(26-31)45-41-27-32(37-17-8-9-24-43-37)21-23-36(41)42(35)33-15-4-6-18-38(33)44-39-19-7-5-16-34(39)42/h1-2,4-6,8-11,13-18,20,22,25-27,43H,3,7,12,19,21,23-24H2. The van der Waals surface area contributed by atoms with Crippen LogP contribution in [0.25, 0.3) is 16.7 Å². The highest BCUT2D eigenvalue weighted by molar-refractivity contribution is 5.78. The number of dihydropyridines is 1. The van der Waals surface area contributed by atoms with Gasteiger partial charge in [-0.05, 0) is 95.9 Å². The first-order valence-corrected chi connectivity index (χ1v) is 16.3. The Bertz CT molecular complexity index is 2010. The van der Waals surface area contributed by atoms with Crippen LogP contribution in [0.3, 0.4) is 0 Å². The van der Waals surface area contributed by atoms with Crippen LogP contribution in [0.4, 0.5) is 0 Å². The normalized spacial score (nSPS) is 22.6. The Morgan fingerprint density at radius 2 is 1.51 bits per heavy atom. The molecule has 1 N–H and O–H groups in total. The molecular weight excluding hydrogens is 550 g/mol. The van der Waals surface area contributed by atoms with Gasteiger partial charge in [-0.25, -0.2) is 0 Å². The lowest BCUT2D eigenvalue weighted by molar-refractivity contribution is 0.336. The zero-order valence-electron chi connectivity index (χ0n) is 25.3. The van der Waals surface area contributed by atoms with Crippen molar-refractivity contribution in [1.29, 1.82) is 0 Å². The molecule has 3 heterocycles. The number of fused-ring (bicyclic) bond motifs is 6. The lowest BCUT2D eigenvalue weighted by atomic mass is 9.59. The smallest absolute Gasteiger partial charge is 0.132 e. The second kappa shape index (κ2) is 10.6. The van der Waals surface area contributed by atoms with Crippen LogP contribution in [0, 0.1) is 0 Å². The van der Waals surface area contributed by atoms with Crippen LogP contribution in [0.1, 0.15) is 55.2 Å². The first-order chi connectivity index (χ1) is 22.3. The van der Waals surface area contributed by atoms with Gasteiger partial charge in [0.2, 0.25) is 0 Å². The van der Waals surface area contributed by atoms with Crippen molar-refractivity contribution >= 4 is 5.57 Å². The lowest BCUT2D eigenvalue weighted by Crippen LogP contribution is -2.41. The van der Waals surface area contributed by atoms with E-state index in [-0.39, 0.29) is 0 Å². The number of para-hydroxylation sites is 1. The van der Waals surface area contributed by atoms with Gasteiger partial charge in [0, 0.05) is 35.4 Å². The summed E-state index contributed by atoms with van der Waals surface area (Å²) in [5.41, 5.74) is 12.1. The average Bonchev–Trinajstić information content (AvgIpc) is 3.12. The van der Waals surface area contributed by atoms with E-state index < -0.39 is 5.41 Å². The Labute approximate surface area is 265 Å². The van der Waals surface area contributed by atoms with Crippen molar-refractivity contribution in [3.63, 3.8) is 0 Å². The number of rotatable bonds is 3. The Morgan fingerprint density at radius 1 is 0.644 bits per heavy atom. The zero-order valence-corrected chi connectivity index (χ0v) is 25.3. The number of hydrogen-bond acceptors (Lipinski definition) is 3. The molecule has 0 bridgehead atoms. The molecule has 0 amide bonds. The topological polar surface area (TPSA) is 30.5 Å². The number of allylic oxidation sites excluding steroid dienone is 13. The third-order valence-electron chi connectivity index (χ3n) is 10.1. The monoisotopic (exact) mass is 585 g/mol. The lowest BCUT2D eigenvalue weighted by Gasteiger charge is -2.48. The minimum atomic E-state index is -0.472. The molecule has 1 atom stereocenters. The van der Waals surface area contributed by atoms with Crippen molar-refractivity contribution in [3.8, 4) is 22.6 Å². The highest BCUT2D eigenvalue weighted by atomic mass is 16.5. The first kappa shape index (κ1) is 26.4. The molecule has 220 valence electrons. The summed E-state index contributed by atoms with van der Waals surface area (Å²) in [4.78, 5) is 0. The molecule has 1 spiro atoms. The molecule has 0 saturated carbocycles.